The minimum absolute atomic E-state index is 0.172. The zero-order valence-electron chi connectivity index (χ0n) is 22.0. The zero-order chi connectivity index (χ0) is 25.5. The summed E-state index contributed by atoms with van der Waals surface area (Å²) in [6.45, 7) is 6.48. The summed E-state index contributed by atoms with van der Waals surface area (Å²) < 4.78 is 0. The van der Waals surface area contributed by atoms with Gasteiger partial charge in [0.15, 0.2) is 0 Å². The van der Waals surface area contributed by atoms with Gasteiger partial charge in [-0.1, -0.05) is 106 Å². The average molecular weight is 471 g/mol. The SMILES string of the molecule is CC(N)=O.CC/C=C\C/C=C\C/C=C\C/C=C\C/C=C\C/C=C\CCC(=O)NCCCCCC. The Labute approximate surface area is 209 Å². The van der Waals surface area contributed by atoms with E-state index in [0.29, 0.717) is 6.42 Å². The molecule has 3 N–H and O–H groups in total. The van der Waals surface area contributed by atoms with Crippen LogP contribution in [0.4, 0.5) is 0 Å². The summed E-state index contributed by atoms with van der Waals surface area (Å²) in [5, 5.41) is 3.00. The molecule has 4 heteroatoms. The molecule has 0 unspecified atom stereocenters. The lowest BCUT2D eigenvalue weighted by Gasteiger charge is -2.03. The van der Waals surface area contributed by atoms with E-state index in [1.54, 1.807) is 0 Å². The molecule has 0 aromatic rings. The van der Waals surface area contributed by atoms with Crippen molar-refractivity contribution < 1.29 is 9.59 Å². The van der Waals surface area contributed by atoms with Crippen molar-refractivity contribution in [2.24, 2.45) is 5.73 Å². The summed E-state index contributed by atoms with van der Waals surface area (Å²) >= 11 is 0. The van der Waals surface area contributed by atoms with Crippen LogP contribution in [0.25, 0.3) is 0 Å². The van der Waals surface area contributed by atoms with Crippen LogP contribution in [-0.4, -0.2) is 18.4 Å². The first-order valence-electron chi connectivity index (χ1n) is 13.0. The number of nitrogens with one attached hydrogen (secondary N) is 1. The molecule has 0 saturated carbocycles. The molecule has 0 aliphatic rings. The van der Waals surface area contributed by atoms with Crippen molar-refractivity contribution >= 4 is 11.8 Å². The number of amides is 2. The minimum atomic E-state index is -0.333. The maximum absolute atomic E-state index is 11.7. The van der Waals surface area contributed by atoms with Gasteiger partial charge in [0.05, 0.1) is 0 Å². The van der Waals surface area contributed by atoms with Crippen molar-refractivity contribution in [3.8, 4) is 0 Å². The first kappa shape index (κ1) is 33.6. The van der Waals surface area contributed by atoms with Crippen LogP contribution < -0.4 is 11.1 Å². The van der Waals surface area contributed by atoms with E-state index in [0.717, 1.165) is 57.9 Å². The molecule has 0 aliphatic carbocycles. The van der Waals surface area contributed by atoms with E-state index in [1.807, 2.05) is 0 Å². The van der Waals surface area contributed by atoms with Crippen molar-refractivity contribution in [3.63, 3.8) is 0 Å². The van der Waals surface area contributed by atoms with Crippen LogP contribution in [-0.2, 0) is 9.59 Å². The average Bonchev–Trinajstić information content (AvgIpc) is 2.80. The van der Waals surface area contributed by atoms with Crippen LogP contribution in [0.5, 0.6) is 0 Å². The number of hydrogen-bond acceptors (Lipinski definition) is 2. The summed E-state index contributed by atoms with van der Waals surface area (Å²) in [6.07, 6.45) is 38.6. The number of rotatable bonds is 19. The molecule has 0 aromatic heterocycles. The molecule has 0 bridgehead atoms. The molecule has 0 rings (SSSR count). The second-order valence-electron chi connectivity index (χ2n) is 7.98. The number of carbonyl (C=O) groups is 2. The van der Waals surface area contributed by atoms with Gasteiger partial charge in [0.1, 0.15) is 0 Å². The summed E-state index contributed by atoms with van der Waals surface area (Å²) in [7, 11) is 0. The highest BCUT2D eigenvalue weighted by molar-refractivity contribution is 5.75. The molecule has 2 amide bonds. The van der Waals surface area contributed by atoms with Crippen LogP contribution in [0.2, 0.25) is 0 Å². The summed E-state index contributed by atoms with van der Waals surface area (Å²) in [5.41, 5.74) is 4.47. The first-order chi connectivity index (χ1) is 16.5. The molecule has 0 aromatic carbocycles. The topological polar surface area (TPSA) is 72.2 Å². The quantitative estimate of drug-likeness (QED) is 0.150. The van der Waals surface area contributed by atoms with E-state index in [2.05, 4.69) is 97.8 Å². The Morgan fingerprint density at radius 1 is 0.647 bits per heavy atom. The van der Waals surface area contributed by atoms with Gasteiger partial charge in [-0.05, 0) is 51.4 Å². The Kier molecular flexibility index (Phi) is 30.0. The van der Waals surface area contributed by atoms with E-state index < -0.39 is 0 Å². The summed E-state index contributed by atoms with van der Waals surface area (Å²) in [4.78, 5) is 20.9. The molecule has 34 heavy (non-hydrogen) atoms. The van der Waals surface area contributed by atoms with Gasteiger partial charge in [-0.3, -0.25) is 9.59 Å². The third-order valence-electron chi connectivity index (χ3n) is 4.49. The Morgan fingerprint density at radius 3 is 1.47 bits per heavy atom. The van der Waals surface area contributed by atoms with Gasteiger partial charge in [0.2, 0.25) is 11.8 Å². The van der Waals surface area contributed by atoms with Crippen molar-refractivity contribution in [3.05, 3.63) is 72.9 Å². The van der Waals surface area contributed by atoms with Crippen molar-refractivity contribution in [1.82, 2.24) is 5.32 Å². The highest BCUT2D eigenvalue weighted by atomic mass is 16.1. The van der Waals surface area contributed by atoms with Crippen molar-refractivity contribution in [1.29, 1.82) is 0 Å². The Hall–Kier alpha value is -2.62. The molecular formula is C30H50N2O2. The summed E-state index contributed by atoms with van der Waals surface area (Å²) in [5.74, 6) is -0.161. The smallest absolute Gasteiger partial charge is 0.220 e. The third kappa shape index (κ3) is 36.7. The molecule has 0 radical (unpaired) electrons. The Morgan fingerprint density at radius 2 is 1.06 bits per heavy atom. The van der Waals surface area contributed by atoms with E-state index in [-0.39, 0.29) is 11.8 Å². The van der Waals surface area contributed by atoms with E-state index in [9.17, 15) is 9.59 Å². The minimum Gasteiger partial charge on any atom is -0.370 e. The largest absolute Gasteiger partial charge is 0.370 e. The van der Waals surface area contributed by atoms with Gasteiger partial charge in [-0.25, -0.2) is 0 Å². The fourth-order valence-electron chi connectivity index (χ4n) is 2.72. The molecule has 0 spiro atoms. The lowest BCUT2D eigenvalue weighted by Crippen LogP contribution is -2.23. The standard InChI is InChI=1S/C28H45NO.C2H5NO/c1-3-5-7-9-10-11-12-13-14-15-16-17-18-19-20-21-22-23-24-26-28(30)29-27-25-8-6-4-2;1-2(3)4/h5,7,10-11,13-14,16-17,19-20,22-23H,3-4,6,8-9,12,15,18,21,24-27H2,1-2H3,(H,29,30);1H3,(H2,3,4)/b7-5-,11-10-,14-13-,17-16-,20-19-,23-22-;. The number of nitrogens with two attached hydrogens (primary N) is 1. The van der Waals surface area contributed by atoms with Gasteiger partial charge >= 0.3 is 0 Å². The molecule has 0 heterocycles. The fraction of sp³-hybridized carbons (Fsp3) is 0.533. The van der Waals surface area contributed by atoms with E-state index in [1.165, 1.54) is 26.2 Å². The van der Waals surface area contributed by atoms with Crippen LogP contribution in [0, 0.1) is 0 Å². The Bertz CT molecular complexity index is 636. The maximum Gasteiger partial charge on any atom is 0.220 e. The second-order valence-corrected chi connectivity index (χ2v) is 7.98. The molecule has 0 fully saturated rings. The van der Waals surface area contributed by atoms with Crippen LogP contribution >= 0.6 is 0 Å². The Balaban J connectivity index is 0. The molecular weight excluding hydrogens is 420 g/mol. The lowest BCUT2D eigenvalue weighted by molar-refractivity contribution is -0.121. The molecule has 0 atom stereocenters. The normalized spacial score (nSPS) is 12.0. The predicted molar refractivity (Wildman–Crippen MR) is 149 cm³/mol. The van der Waals surface area contributed by atoms with Gasteiger partial charge in [0.25, 0.3) is 0 Å². The van der Waals surface area contributed by atoms with Gasteiger partial charge in [-0.15, -0.1) is 0 Å². The molecule has 0 saturated heterocycles. The van der Waals surface area contributed by atoms with E-state index in [4.69, 9.17) is 0 Å². The lowest BCUT2D eigenvalue weighted by atomic mass is 10.2. The molecule has 4 nitrogen and oxygen atoms in total. The zero-order valence-corrected chi connectivity index (χ0v) is 22.0. The monoisotopic (exact) mass is 470 g/mol. The van der Waals surface area contributed by atoms with Gasteiger partial charge in [0, 0.05) is 19.9 Å². The van der Waals surface area contributed by atoms with Crippen molar-refractivity contribution in [2.45, 2.75) is 97.8 Å². The van der Waals surface area contributed by atoms with Gasteiger partial charge < -0.3 is 11.1 Å². The number of allylic oxidation sites excluding steroid dienone is 12. The highest BCUT2D eigenvalue weighted by Crippen LogP contribution is 1.99. The number of primary amides is 1. The van der Waals surface area contributed by atoms with Crippen LogP contribution in [0.3, 0.4) is 0 Å². The van der Waals surface area contributed by atoms with Crippen LogP contribution in [0.1, 0.15) is 97.8 Å². The fourth-order valence-corrected chi connectivity index (χ4v) is 2.72. The maximum atomic E-state index is 11.7. The summed E-state index contributed by atoms with van der Waals surface area (Å²) in [6, 6.07) is 0. The first-order valence-corrected chi connectivity index (χ1v) is 13.0. The number of carbonyl (C=O) groups excluding carboxylic acids is 2. The molecule has 0 aliphatic heterocycles. The highest BCUT2D eigenvalue weighted by Gasteiger charge is 1.97. The van der Waals surface area contributed by atoms with Crippen molar-refractivity contribution in [2.75, 3.05) is 6.54 Å². The number of hydrogen-bond donors (Lipinski definition) is 2. The molecule has 192 valence electrons. The second kappa shape index (κ2) is 30.4. The number of unbranched alkanes of at least 4 members (excludes halogenated alkanes) is 3. The predicted octanol–water partition coefficient (Wildman–Crippen LogP) is 7.65. The van der Waals surface area contributed by atoms with Gasteiger partial charge in [-0.2, -0.15) is 0 Å². The van der Waals surface area contributed by atoms with E-state index >= 15 is 0 Å². The van der Waals surface area contributed by atoms with Crippen LogP contribution in [0.15, 0.2) is 72.9 Å². The third-order valence-corrected chi connectivity index (χ3v) is 4.49.